The molecule has 1 aliphatic rings. The summed E-state index contributed by atoms with van der Waals surface area (Å²) in [6.07, 6.45) is 6.31. The first-order valence-corrected chi connectivity index (χ1v) is 15.5. The van der Waals surface area contributed by atoms with Crippen molar-refractivity contribution in [2.45, 2.75) is 105 Å². The molecular formula is C26H44N7O5P. The molecule has 0 amide bonds. The van der Waals surface area contributed by atoms with E-state index in [-0.39, 0.29) is 12.5 Å². The Bertz CT molecular complexity index is 1180. The van der Waals surface area contributed by atoms with E-state index in [1.165, 1.54) is 6.33 Å². The highest BCUT2D eigenvalue weighted by atomic mass is 31.2. The number of hydrogen-bond acceptors (Lipinski definition) is 10. The maximum atomic E-state index is 14.1. The minimum Gasteiger partial charge on any atom is -0.461 e. The van der Waals surface area contributed by atoms with Crippen molar-refractivity contribution in [2.75, 3.05) is 12.1 Å². The van der Waals surface area contributed by atoms with E-state index in [0.29, 0.717) is 48.2 Å². The molecule has 3 rings (SSSR count). The molecule has 1 fully saturated rings. The molecule has 0 bridgehead atoms. The Kier molecular flexibility index (Phi) is 10.5. The maximum absolute atomic E-state index is 14.1. The van der Waals surface area contributed by atoms with Gasteiger partial charge in [-0.15, -0.1) is 0 Å². The molecule has 2 aromatic rings. The number of oxime groups is 1. The Hall–Kier alpha value is -2.56. The number of hydrogen-bond donors (Lipinski definition) is 2. The van der Waals surface area contributed by atoms with Crippen molar-refractivity contribution in [3.05, 3.63) is 12.7 Å². The fourth-order valence-corrected chi connectivity index (χ4v) is 5.94. The van der Waals surface area contributed by atoms with Crippen LogP contribution in [-0.4, -0.2) is 55.3 Å². The maximum Gasteiger partial charge on any atom is 0.365 e. The smallest absolute Gasteiger partial charge is 0.365 e. The van der Waals surface area contributed by atoms with Gasteiger partial charge in [-0.05, 0) is 64.7 Å². The first-order valence-electron chi connectivity index (χ1n) is 13.6. The number of anilines is 1. The van der Waals surface area contributed by atoms with Crippen LogP contribution in [0.15, 0.2) is 17.8 Å². The Balaban J connectivity index is 1.76. The van der Waals surface area contributed by atoms with Crippen LogP contribution in [0.4, 0.5) is 5.82 Å². The number of ether oxygens (including phenoxy) is 2. The van der Waals surface area contributed by atoms with Crippen molar-refractivity contribution in [1.82, 2.24) is 24.6 Å². The second kappa shape index (κ2) is 13.2. The highest BCUT2D eigenvalue weighted by Gasteiger charge is 2.41. The van der Waals surface area contributed by atoms with E-state index in [2.05, 4.69) is 52.9 Å². The molecule has 12 nitrogen and oxygen atoms in total. The first-order chi connectivity index (χ1) is 18.3. The minimum absolute atomic E-state index is 0.0975. The molecule has 39 heavy (non-hydrogen) atoms. The van der Waals surface area contributed by atoms with Crippen LogP contribution in [0, 0.1) is 11.8 Å². The topological polar surface area (TPSA) is 156 Å². The Morgan fingerprint density at radius 3 is 2.44 bits per heavy atom. The molecule has 2 heterocycles. The quantitative estimate of drug-likeness (QED) is 0.132. The molecule has 2 atom stereocenters. The number of nitrogens with one attached hydrogen (secondary N) is 1. The second-order valence-electron chi connectivity index (χ2n) is 11.7. The van der Waals surface area contributed by atoms with Gasteiger partial charge in [0.05, 0.1) is 24.7 Å². The van der Waals surface area contributed by atoms with Crippen LogP contribution in [0.25, 0.3) is 11.2 Å². The molecular weight excluding hydrogens is 521 g/mol. The van der Waals surface area contributed by atoms with Crippen LogP contribution < -0.4 is 10.8 Å². The van der Waals surface area contributed by atoms with Crippen LogP contribution in [0.3, 0.4) is 0 Å². The van der Waals surface area contributed by atoms with E-state index in [1.54, 1.807) is 24.7 Å². The van der Waals surface area contributed by atoms with E-state index in [1.807, 2.05) is 6.92 Å². The number of rotatable bonds is 15. The van der Waals surface area contributed by atoms with Gasteiger partial charge in [0.25, 0.3) is 0 Å². The SMILES string of the molecule is CC(C)CC(CC(C)C)=NOP(=O)(CO[C@H](C)Cn1cnc2c(N)ncnc21)NC(C)(C)C(=O)OC1CCC1. The van der Waals surface area contributed by atoms with Crippen molar-refractivity contribution in [3.63, 3.8) is 0 Å². The number of aromatic nitrogens is 4. The van der Waals surface area contributed by atoms with E-state index in [9.17, 15) is 9.36 Å². The molecule has 0 spiro atoms. The standard InChI is InChI=1S/C26H44N7O5P/c1-17(2)11-20(12-18(3)4)31-38-39(35,32-26(6,7)25(34)37-21-9-8-10-21)16-36-19(5)13-33-15-30-22-23(27)28-14-29-24(22)33/h14-15,17-19,21H,8-13,16H2,1-7H3,(H,32,35)(H2,27,28,29)/t19-,39?/m1/s1. The van der Waals surface area contributed by atoms with Crippen molar-refractivity contribution >= 4 is 36.2 Å². The molecule has 1 saturated carbocycles. The molecule has 0 saturated heterocycles. The van der Waals surface area contributed by atoms with Crippen LogP contribution in [-0.2, 0) is 30.0 Å². The molecule has 0 aromatic carbocycles. The summed E-state index contributed by atoms with van der Waals surface area (Å²) in [6, 6.07) is 0. The second-order valence-corrected chi connectivity index (χ2v) is 13.7. The van der Waals surface area contributed by atoms with Crippen LogP contribution in [0.2, 0.25) is 0 Å². The summed E-state index contributed by atoms with van der Waals surface area (Å²) >= 11 is 0. The molecule has 218 valence electrons. The van der Waals surface area contributed by atoms with Crippen molar-refractivity contribution in [3.8, 4) is 0 Å². The molecule has 3 N–H and O–H groups in total. The Morgan fingerprint density at radius 1 is 1.18 bits per heavy atom. The zero-order chi connectivity index (χ0) is 28.8. The third-order valence-corrected chi connectivity index (χ3v) is 8.02. The summed E-state index contributed by atoms with van der Waals surface area (Å²) in [6.45, 7) is 13.8. The molecule has 0 aliphatic heterocycles. The number of imidazole rings is 1. The summed E-state index contributed by atoms with van der Waals surface area (Å²) < 4.78 is 33.2. The summed E-state index contributed by atoms with van der Waals surface area (Å²) in [4.78, 5) is 25.4. The number of nitrogens with two attached hydrogens (primary N) is 1. The molecule has 13 heteroatoms. The van der Waals surface area contributed by atoms with Gasteiger partial charge in [-0.1, -0.05) is 32.9 Å². The number of fused-ring (bicyclic) bond motifs is 1. The van der Waals surface area contributed by atoms with E-state index in [0.717, 1.165) is 25.0 Å². The third-order valence-electron chi connectivity index (χ3n) is 6.29. The number of esters is 1. The van der Waals surface area contributed by atoms with Crippen molar-refractivity contribution in [1.29, 1.82) is 0 Å². The van der Waals surface area contributed by atoms with Crippen LogP contribution in [0.5, 0.6) is 0 Å². The predicted molar refractivity (Wildman–Crippen MR) is 151 cm³/mol. The molecule has 2 aromatic heterocycles. The van der Waals surface area contributed by atoms with Gasteiger partial charge in [0.1, 0.15) is 29.8 Å². The van der Waals surface area contributed by atoms with Crippen molar-refractivity contribution < 1.29 is 23.5 Å². The third kappa shape index (κ3) is 8.98. The zero-order valence-corrected chi connectivity index (χ0v) is 25.1. The lowest BCUT2D eigenvalue weighted by molar-refractivity contribution is -0.159. The highest BCUT2D eigenvalue weighted by Crippen LogP contribution is 2.46. The number of nitrogens with zero attached hydrogens (tertiary/aromatic N) is 5. The predicted octanol–water partition coefficient (Wildman–Crippen LogP) is 4.89. The monoisotopic (exact) mass is 565 g/mol. The van der Waals surface area contributed by atoms with Crippen molar-refractivity contribution in [2.24, 2.45) is 17.0 Å². The summed E-state index contributed by atoms with van der Waals surface area (Å²) in [5.41, 5.74) is 6.50. The van der Waals surface area contributed by atoms with Gasteiger partial charge in [-0.2, -0.15) is 0 Å². The van der Waals surface area contributed by atoms with Crippen LogP contribution in [0.1, 0.15) is 80.6 Å². The van der Waals surface area contributed by atoms with Gasteiger partial charge in [-0.3, -0.25) is 9.36 Å². The lowest BCUT2D eigenvalue weighted by atomic mass is 9.96. The van der Waals surface area contributed by atoms with E-state index >= 15 is 0 Å². The largest absolute Gasteiger partial charge is 0.461 e. The van der Waals surface area contributed by atoms with E-state index in [4.69, 9.17) is 19.8 Å². The minimum atomic E-state index is -3.80. The van der Waals surface area contributed by atoms with Gasteiger partial charge in [0.2, 0.25) is 0 Å². The normalized spacial score (nSPS) is 16.6. The highest BCUT2D eigenvalue weighted by molar-refractivity contribution is 7.56. The van der Waals surface area contributed by atoms with Gasteiger partial charge < -0.3 is 24.4 Å². The Labute approximate surface area is 231 Å². The summed E-state index contributed by atoms with van der Waals surface area (Å²) in [5, 5.41) is 7.23. The number of carbonyl (C=O) groups excluding carboxylic acids is 1. The Morgan fingerprint density at radius 2 is 1.85 bits per heavy atom. The summed E-state index contributed by atoms with van der Waals surface area (Å²) in [7, 11) is -3.80. The fourth-order valence-electron chi connectivity index (χ4n) is 4.15. The zero-order valence-electron chi connectivity index (χ0n) is 24.2. The fraction of sp³-hybridized carbons (Fsp3) is 0.731. The van der Waals surface area contributed by atoms with Gasteiger partial charge in [0.15, 0.2) is 11.5 Å². The number of nitrogen functional groups attached to an aromatic ring is 1. The average molecular weight is 566 g/mol. The van der Waals surface area contributed by atoms with Gasteiger partial charge >= 0.3 is 13.5 Å². The lowest BCUT2D eigenvalue weighted by Crippen LogP contribution is -2.48. The average Bonchev–Trinajstić information content (AvgIpc) is 3.21. The molecule has 1 aliphatic carbocycles. The molecule has 0 radical (unpaired) electrons. The molecule has 1 unspecified atom stereocenters. The first kappa shape index (κ1) is 31.0. The van der Waals surface area contributed by atoms with Gasteiger partial charge in [-0.25, -0.2) is 20.0 Å². The number of carbonyl (C=O) groups is 1. The van der Waals surface area contributed by atoms with Crippen LogP contribution >= 0.6 is 7.52 Å². The summed E-state index contributed by atoms with van der Waals surface area (Å²) in [5.74, 6) is 0.514. The van der Waals surface area contributed by atoms with E-state index < -0.39 is 25.1 Å². The lowest BCUT2D eigenvalue weighted by Gasteiger charge is -2.33. The van der Waals surface area contributed by atoms with Gasteiger partial charge in [0, 0.05) is 0 Å².